The van der Waals surface area contributed by atoms with Gasteiger partial charge in [-0.15, -0.1) is 5.10 Å². The summed E-state index contributed by atoms with van der Waals surface area (Å²) < 4.78 is 1.69. The van der Waals surface area contributed by atoms with Gasteiger partial charge in [-0.1, -0.05) is 41.6 Å². The lowest BCUT2D eigenvalue weighted by Crippen LogP contribution is -2.15. The van der Waals surface area contributed by atoms with E-state index in [0.29, 0.717) is 12.1 Å². The van der Waals surface area contributed by atoms with Crippen LogP contribution >= 0.6 is 0 Å². The van der Waals surface area contributed by atoms with Crippen LogP contribution in [0.25, 0.3) is 16.5 Å². The van der Waals surface area contributed by atoms with Crippen molar-refractivity contribution >= 4 is 22.4 Å². The predicted octanol–water partition coefficient (Wildman–Crippen LogP) is 4.36. The Bertz CT molecular complexity index is 1410. The van der Waals surface area contributed by atoms with Crippen molar-refractivity contribution in [2.24, 2.45) is 0 Å². The van der Waals surface area contributed by atoms with Gasteiger partial charge >= 0.3 is 0 Å². The number of fused-ring (bicyclic) bond motifs is 1. The summed E-state index contributed by atoms with van der Waals surface area (Å²) in [6, 6.07) is 19.5. The van der Waals surface area contributed by atoms with E-state index in [1.165, 1.54) is 0 Å². The van der Waals surface area contributed by atoms with Crippen molar-refractivity contribution < 1.29 is 4.79 Å². The first-order chi connectivity index (χ1) is 15.7. The maximum absolute atomic E-state index is 13.1. The molecule has 2 aromatic carbocycles. The molecule has 156 valence electrons. The van der Waals surface area contributed by atoms with Gasteiger partial charge in [0.25, 0.3) is 5.91 Å². The van der Waals surface area contributed by atoms with Crippen LogP contribution in [0.3, 0.4) is 0 Å². The van der Waals surface area contributed by atoms with Crippen molar-refractivity contribution in [2.75, 3.05) is 5.32 Å². The van der Waals surface area contributed by atoms with Gasteiger partial charge in [0.1, 0.15) is 0 Å². The fraction of sp³-hybridized carbons (Fsp3) is 0.0800. The van der Waals surface area contributed by atoms with Crippen LogP contribution in [0.2, 0.25) is 0 Å². The molecule has 0 atom stereocenters. The van der Waals surface area contributed by atoms with E-state index >= 15 is 0 Å². The molecular formula is C25H20N6O. The summed E-state index contributed by atoms with van der Waals surface area (Å²) in [6.45, 7) is 1.84. The Hall–Kier alpha value is -4.39. The summed E-state index contributed by atoms with van der Waals surface area (Å²) in [6.07, 6.45) is 7.78. The molecule has 0 fully saturated rings. The van der Waals surface area contributed by atoms with Crippen LogP contribution in [0.1, 0.15) is 27.3 Å². The number of nitrogens with zero attached hydrogens (tertiary/aromatic N) is 5. The van der Waals surface area contributed by atoms with Gasteiger partial charge in [-0.3, -0.25) is 14.8 Å². The smallest absolute Gasteiger partial charge is 0.278 e. The molecule has 5 rings (SSSR count). The van der Waals surface area contributed by atoms with E-state index in [9.17, 15) is 4.79 Å². The Morgan fingerprint density at radius 3 is 2.69 bits per heavy atom. The zero-order valence-electron chi connectivity index (χ0n) is 17.4. The van der Waals surface area contributed by atoms with Crippen LogP contribution in [0.5, 0.6) is 0 Å². The molecule has 3 aromatic heterocycles. The third kappa shape index (κ3) is 3.72. The van der Waals surface area contributed by atoms with E-state index in [4.69, 9.17) is 0 Å². The van der Waals surface area contributed by atoms with Gasteiger partial charge in [0.05, 0.1) is 11.4 Å². The molecule has 5 aromatic rings. The highest BCUT2D eigenvalue weighted by Gasteiger charge is 2.19. The highest BCUT2D eigenvalue weighted by molar-refractivity contribution is 6.04. The van der Waals surface area contributed by atoms with Crippen LogP contribution < -0.4 is 5.32 Å². The summed E-state index contributed by atoms with van der Waals surface area (Å²) in [5.74, 6) is -0.297. The quantitative estimate of drug-likeness (QED) is 0.457. The Labute approximate surface area is 184 Å². The zero-order valence-corrected chi connectivity index (χ0v) is 17.4. The van der Waals surface area contributed by atoms with E-state index in [1.807, 2.05) is 73.8 Å². The molecule has 0 aliphatic rings. The van der Waals surface area contributed by atoms with Crippen molar-refractivity contribution in [1.29, 1.82) is 0 Å². The molecule has 0 spiro atoms. The van der Waals surface area contributed by atoms with Gasteiger partial charge in [0.15, 0.2) is 5.69 Å². The molecule has 0 saturated heterocycles. The molecule has 32 heavy (non-hydrogen) atoms. The van der Waals surface area contributed by atoms with Crippen molar-refractivity contribution in [2.45, 2.75) is 13.3 Å². The molecule has 0 aliphatic carbocycles. The van der Waals surface area contributed by atoms with Gasteiger partial charge < -0.3 is 5.32 Å². The number of anilines is 1. The average Bonchev–Trinajstić information content (AvgIpc) is 3.22. The van der Waals surface area contributed by atoms with Crippen molar-refractivity contribution in [1.82, 2.24) is 25.0 Å². The zero-order chi connectivity index (χ0) is 21.9. The molecule has 0 aliphatic heterocycles. The van der Waals surface area contributed by atoms with Crippen molar-refractivity contribution in [3.8, 4) is 5.69 Å². The molecule has 0 radical (unpaired) electrons. The van der Waals surface area contributed by atoms with Crippen LogP contribution in [0, 0.1) is 6.92 Å². The standard InChI is InChI=1S/C25H20N6O/c1-17-24(29-30-31(17)23-10-4-8-20-16-27-13-11-21(20)23)25(32)28-22-9-3-2-7-19(22)14-18-6-5-12-26-15-18/h2-13,15-16H,14H2,1H3,(H,28,32). The maximum Gasteiger partial charge on any atom is 0.278 e. The van der Waals surface area contributed by atoms with Crippen LogP contribution in [0.4, 0.5) is 5.69 Å². The number of hydrogen-bond acceptors (Lipinski definition) is 5. The number of amides is 1. The third-order valence-corrected chi connectivity index (χ3v) is 5.38. The fourth-order valence-electron chi connectivity index (χ4n) is 3.76. The largest absolute Gasteiger partial charge is 0.320 e. The fourth-order valence-corrected chi connectivity index (χ4v) is 3.76. The highest BCUT2D eigenvalue weighted by Crippen LogP contribution is 2.24. The van der Waals surface area contributed by atoms with E-state index in [-0.39, 0.29) is 11.6 Å². The third-order valence-electron chi connectivity index (χ3n) is 5.38. The minimum absolute atomic E-state index is 0.284. The monoisotopic (exact) mass is 420 g/mol. The molecule has 7 nitrogen and oxygen atoms in total. The van der Waals surface area contributed by atoms with Crippen LogP contribution in [0.15, 0.2) is 85.5 Å². The first kappa shape index (κ1) is 19.6. The maximum atomic E-state index is 13.1. The normalized spacial score (nSPS) is 10.9. The molecule has 0 unspecified atom stereocenters. The van der Waals surface area contributed by atoms with E-state index in [2.05, 4.69) is 25.6 Å². The number of para-hydroxylation sites is 1. The van der Waals surface area contributed by atoms with Gasteiger partial charge in [-0.25, -0.2) is 4.68 Å². The van der Waals surface area contributed by atoms with Gasteiger partial charge in [0, 0.05) is 47.7 Å². The SMILES string of the molecule is Cc1c(C(=O)Nc2ccccc2Cc2cccnc2)nnn1-c1cccc2cnccc12. The van der Waals surface area contributed by atoms with Gasteiger partial charge in [-0.05, 0) is 42.3 Å². The number of carbonyl (C=O) groups is 1. The summed E-state index contributed by atoms with van der Waals surface area (Å²) in [7, 11) is 0. The van der Waals surface area contributed by atoms with Crippen molar-refractivity contribution in [3.63, 3.8) is 0 Å². The molecule has 0 bridgehead atoms. The molecule has 3 heterocycles. The number of aromatic nitrogens is 5. The summed E-state index contributed by atoms with van der Waals surface area (Å²) >= 11 is 0. The lowest BCUT2D eigenvalue weighted by molar-refractivity contribution is 0.102. The second-order valence-corrected chi connectivity index (χ2v) is 7.46. The Morgan fingerprint density at radius 2 is 1.81 bits per heavy atom. The number of benzene rings is 2. The lowest BCUT2D eigenvalue weighted by Gasteiger charge is -2.11. The number of carbonyl (C=O) groups excluding carboxylic acids is 1. The first-order valence-corrected chi connectivity index (χ1v) is 10.2. The average molecular weight is 420 g/mol. The Morgan fingerprint density at radius 1 is 0.938 bits per heavy atom. The van der Waals surface area contributed by atoms with Gasteiger partial charge in [0.2, 0.25) is 0 Å². The van der Waals surface area contributed by atoms with Crippen molar-refractivity contribution in [3.05, 3.63) is 108 Å². The number of nitrogens with one attached hydrogen (secondary N) is 1. The summed E-state index contributed by atoms with van der Waals surface area (Å²) in [4.78, 5) is 21.4. The Kier molecular flexibility index (Phi) is 5.13. The first-order valence-electron chi connectivity index (χ1n) is 10.2. The minimum Gasteiger partial charge on any atom is -0.320 e. The minimum atomic E-state index is -0.297. The van der Waals surface area contributed by atoms with E-state index in [1.54, 1.807) is 23.3 Å². The summed E-state index contributed by atoms with van der Waals surface area (Å²) in [5, 5.41) is 13.4. The number of hydrogen-bond donors (Lipinski definition) is 1. The van der Waals surface area contributed by atoms with Crippen LogP contribution in [-0.2, 0) is 6.42 Å². The molecule has 1 amide bonds. The van der Waals surface area contributed by atoms with Gasteiger partial charge in [-0.2, -0.15) is 0 Å². The molecule has 0 saturated carbocycles. The number of rotatable bonds is 5. The topological polar surface area (TPSA) is 85.6 Å². The molecular weight excluding hydrogens is 400 g/mol. The highest BCUT2D eigenvalue weighted by atomic mass is 16.2. The van der Waals surface area contributed by atoms with Crippen LogP contribution in [-0.4, -0.2) is 30.9 Å². The van der Waals surface area contributed by atoms with E-state index in [0.717, 1.165) is 33.3 Å². The van der Waals surface area contributed by atoms with E-state index < -0.39 is 0 Å². The molecule has 1 N–H and O–H groups in total. The number of pyridine rings is 2. The summed E-state index contributed by atoms with van der Waals surface area (Å²) in [5.41, 5.74) is 4.61. The lowest BCUT2D eigenvalue weighted by atomic mass is 10.0. The Balaban J connectivity index is 1.44. The predicted molar refractivity (Wildman–Crippen MR) is 123 cm³/mol. The second-order valence-electron chi connectivity index (χ2n) is 7.46. The molecule has 7 heteroatoms. The second kappa shape index (κ2) is 8.39.